The SMILES string of the molecule is CNCc1cc(Br)cnc1Oc1cnn(C)c1. The van der Waals surface area contributed by atoms with E-state index in [2.05, 4.69) is 31.3 Å². The Morgan fingerprint density at radius 2 is 2.29 bits per heavy atom. The molecule has 0 fully saturated rings. The lowest BCUT2D eigenvalue weighted by Crippen LogP contribution is -2.07. The van der Waals surface area contributed by atoms with E-state index in [1.165, 1.54) is 0 Å². The van der Waals surface area contributed by atoms with Gasteiger partial charge in [0.15, 0.2) is 5.75 Å². The van der Waals surface area contributed by atoms with Crippen LogP contribution in [-0.2, 0) is 13.6 Å². The van der Waals surface area contributed by atoms with E-state index in [-0.39, 0.29) is 0 Å². The molecule has 5 nitrogen and oxygen atoms in total. The highest BCUT2D eigenvalue weighted by atomic mass is 79.9. The standard InChI is InChI=1S/C11H13BrN4O/c1-13-4-8-3-9(12)5-14-11(8)17-10-6-15-16(2)7-10/h3,5-7,13H,4H2,1-2H3. The van der Waals surface area contributed by atoms with E-state index in [0.29, 0.717) is 18.2 Å². The molecule has 0 radical (unpaired) electrons. The smallest absolute Gasteiger partial charge is 0.223 e. The van der Waals surface area contributed by atoms with Gasteiger partial charge in [-0.2, -0.15) is 5.10 Å². The third-order valence-corrected chi connectivity index (χ3v) is 2.59. The Kier molecular flexibility index (Phi) is 3.75. The normalized spacial score (nSPS) is 10.5. The van der Waals surface area contributed by atoms with Crippen LogP contribution in [0.15, 0.2) is 29.1 Å². The fourth-order valence-electron chi connectivity index (χ4n) is 1.44. The van der Waals surface area contributed by atoms with Gasteiger partial charge in [0, 0.05) is 29.8 Å². The zero-order valence-electron chi connectivity index (χ0n) is 9.64. The number of aromatic nitrogens is 3. The van der Waals surface area contributed by atoms with Gasteiger partial charge in [0.1, 0.15) is 0 Å². The molecule has 0 spiro atoms. The van der Waals surface area contributed by atoms with E-state index in [0.717, 1.165) is 10.0 Å². The van der Waals surface area contributed by atoms with Crippen LogP contribution in [0.4, 0.5) is 0 Å². The highest BCUT2D eigenvalue weighted by Crippen LogP contribution is 2.24. The third-order valence-electron chi connectivity index (χ3n) is 2.15. The van der Waals surface area contributed by atoms with Gasteiger partial charge in [0.2, 0.25) is 5.88 Å². The molecule has 1 N–H and O–H groups in total. The molecule has 0 bridgehead atoms. The Morgan fingerprint density at radius 3 is 2.94 bits per heavy atom. The van der Waals surface area contributed by atoms with Gasteiger partial charge in [-0.3, -0.25) is 4.68 Å². The number of halogens is 1. The van der Waals surface area contributed by atoms with Crippen LogP contribution in [0.2, 0.25) is 0 Å². The minimum absolute atomic E-state index is 0.593. The zero-order chi connectivity index (χ0) is 12.3. The third kappa shape index (κ3) is 3.04. The Labute approximate surface area is 108 Å². The van der Waals surface area contributed by atoms with Crippen LogP contribution in [0.3, 0.4) is 0 Å². The average molecular weight is 297 g/mol. The number of hydrogen-bond acceptors (Lipinski definition) is 4. The maximum atomic E-state index is 5.68. The van der Waals surface area contributed by atoms with Crippen LogP contribution in [0.5, 0.6) is 11.6 Å². The van der Waals surface area contributed by atoms with Crippen LogP contribution in [0.1, 0.15) is 5.56 Å². The Balaban J connectivity index is 2.25. The molecule has 0 amide bonds. The van der Waals surface area contributed by atoms with Crippen LogP contribution < -0.4 is 10.1 Å². The summed E-state index contributed by atoms with van der Waals surface area (Å²) in [4.78, 5) is 4.26. The number of nitrogens with one attached hydrogen (secondary N) is 1. The first-order valence-corrected chi connectivity index (χ1v) is 5.94. The second-order valence-corrected chi connectivity index (χ2v) is 4.52. The highest BCUT2D eigenvalue weighted by Gasteiger charge is 2.08. The number of hydrogen-bond donors (Lipinski definition) is 1. The summed E-state index contributed by atoms with van der Waals surface area (Å²) in [5.41, 5.74) is 0.991. The largest absolute Gasteiger partial charge is 0.435 e. The lowest BCUT2D eigenvalue weighted by molar-refractivity contribution is 0.453. The molecule has 2 heterocycles. The lowest BCUT2D eigenvalue weighted by Gasteiger charge is -2.08. The van der Waals surface area contributed by atoms with Crippen molar-refractivity contribution in [2.24, 2.45) is 7.05 Å². The predicted octanol–water partition coefficient (Wildman–Crippen LogP) is 2.09. The molecule has 2 rings (SSSR count). The maximum absolute atomic E-state index is 5.68. The molecule has 2 aromatic rings. The quantitative estimate of drug-likeness (QED) is 0.939. The average Bonchev–Trinajstić information content (AvgIpc) is 2.69. The van der Waals surface area contributed by atoms with E-state index in [1.54, 1.807) is 23.3 Å². The minimum atomic E-state index is 0.593. The zero-order valence-corrected chi connectivity index (χ0v) is 11.2. The maximum Gasteiger partial charge on any atom is 0.223 e. The number of ether oxygens (including phenoxy) is 1. The topological polar surface area (TPSA) is 52.0 Å². The van der Waals surface area contributed by atoms with Crippen molar-refractivity contribution in [1.82, 2.24) is 20.1 Å². The first-order valence-electron chi connectivity index (χ1n) is 5.14. The number of rotatable bonds is 4. The number of pyridine rings is 1. The van der Waals surface area contributed by atoms with Gasteiger partial charge in [-0.15, -0.1) is 0 Å². The molecule has 0 saturated heterocycles. The van der Waals surface area contributed by atoms with Crippen LogP contribution in [0.25, 0.3) is 0 Å². The first-order chi connectivity index (χ1) is 8.19. The molecule has 0 aliphatic carbocycles. The highest BCUT2D eigenvalue weighted by molar-refractivity contribution is 9.10. The fraction of sp³-hybridized carbons (Fsp3) is 0.273. The van der Waals surface area contributed by atoms with E-state index < -0.39 is 0 Å². The van der Waals surface area contributed by atoms with Crippen molar-refractivity contribution in [2.75, 3.05) is 7.05 Å². The molecule has 0 aliphatic rings. The molecule has 0 aliphatic heterocycles. The van der Waals surface area contributed by atoms with Crippen LogP contribution >= 0.6 is 15.9 Å². The molecular formula is C11H13BrN4O. The van der Waals surface area contributed by atoms with E-state index >= 15 is 0 Å². The van der Waals surface area contributed by atoms with E-state index in [9.17, 15) is 0 Å². The summed E-state index contributed by atoms with van der Waals surface area (Å²) in [6.07, 6.45) is 5.17. The summed E-state index contributed by atoms with van der Waals surface area (Å²) in [6, 6.07) is 1.98. The molecule has 0 saturated carbocycles. The van der Waals surface area contributed by atoms with E-state index in [4.69, 9.17) is 4.74 Å². The molecule has 90 valence electrons. The van der Waals surface area contributed by atoms with Crippen LogP contribution in [-0.4, -0.2) is 21.8 Å². The van der Waals surface area contributed by atoms with Crippen molar-refractivity contribution in [3.63, 3.8) is 0 Å². The fourth-order valence-corrected chi connectivity index (χ4v) is 1.82. The van der Waals surface area contributed by atoms with Gasteiger partial charge in [0.05, 0.1) is 12.4 Å². The monoisotopic (exact) mass is 296 g/mol. The Bertz CT molecular complexity index is 512. The minimum Gasteiger partial charge on any atom is -0.435 e. The van der Waals surface area contributed by atoms with E-state index in [1.807, 2.05) is 20.2 Å². The van der Waals surface area contributed by atoms with Crippen molar-refractivity contribution < 1.29 is 4.74 Å². The Morgan fingerprint density at radius 1 is 1.47 bits per heavy atom. The summed E-state index contributed by atoms with van der Waals surface area (Å²) in [7, 11) is 3.73. The second kappa shape index (κ2) is 5.29. The van der Waals surface area contributed by atoms with Gasteiger partial charge in [0.25, 0.3) is 0 Å². The molecule has 2 aromatic heterocycles. The van der Waals surface area contributed by atoms with Crippen molar-refractivity contribution in [2.45, 2.75) is 6.54 Å². The lowest BCUT2D eigenvalue weighted by atomic mass is 10.3. The van der Waals surface area contributed by atoms with Crippen molar-refractivity contribution in [1.29, 1.82) is 0 Å². The van der Waals surface area contributed by atoms with Crippen molar-refractivity contribution in [3.8, 4) is 11.6 Å². The molecule has 17 heavy (non-hydrogen) atoms. The first kappa shape index (κ1) is 12.1. The van der Waals surface area contributed by atoms with Gasteiger partial charge in [-0.1, -0.05) is 0 Å². The van der Waals surface area contributed by atoms with Crippen molar-refractivity contribution in [3.05, 3.63) is 34.7 Å². The van der Waals surface area contributed by atoms with Crippen LogP contribution in [0, 0.1) is 0 Å². The number of aryl methyl sites for hydroxylation is 1. The summed E-state index contributed by atoms with van der Waals surface area (Å²) >= 11 is 3.39. The summed E-state index contributed by atoms with van der Waals surface area (Å²) in [5.74, 6) is 1.27. The second-order valence-electron chi connectivity index (χ2n) is 3.60. The predicted molar refractivity (Wildman–Crippen MR) is 68.0 cm³/mol. The molecule has 0 aromatic carbocycles. The summed E-state index contributed by atoms with van der Waals surface area (Å²) in [6.45, 7) is 0.696. The molecule has 0 unspecified atom stereocenters. The summed E-state index contributed by atoms with van der Waals surface area (Å²) in [5, 5.41) is 7.13. The molecular weight excluding hydrogens is 284 g/mol. The van der Waals surface area contributed by atoms with Crippen molar-refractivity contribution >= 4 is 15.9 Å². The molecule has 0 atom stereocenters. The summed E-state index contributed by atoms with van der Waals surface area (Å²) < 4.78 is 8.30. The van der Waals surface area contributed by atoms with Gasteiger partial charge in [-0.05, 0) is 29.0 Å². The Hall–Kier alpha value is -1.40. The van der Waals surface area contributed by atoms with Gasteiger partial charge >= 0.3 is 0 Å². The molecule has 6 heteroatoms. The number of nitrogens with zero attached hydrogens (tertiary/aromatic N) is 3. The van der Waals surface area contributed by atoms with Gasteiger partial charge in [-0.25, -0.2) is 4.98 Å². The van der Waals surface area contributed by atoms with Gasteiger partial charge < -0.3 is 10.1 Å².